The quantitative estimate of drug-likeness (QED) is 0.235. The van der Waals surface area contributed by atoms with E-state index in [1.54, 1.807) is 5.32 Å². The Labute approximate surface area is 191 Å². The van der Waals surface area contributed by atoms with Gasteiger partial charge in [0.05, 0.1) is 26.9 Å². The van der Waals surface area contributed by atoms with E-state index in [4.69, 9.17) is 5.11 Å². The van der Waals surface area contributed by atoms with E-state index >= 15 is 0 Å². The van der Waals surface area contributed by atoms with E-state index in [2.05, 4.69) is 4.52 Å². The van der Waals surface area contributed by atoms with Gasteiger partial charge in [0.1, 0.15) is 12.2 Å². The first kappa shape index (κ1) is 31.7. The van der Waals surface area contributed by atoms with Gasteiger partial charge in [-0.1, -0.05) is 0 Å². The topological polar surface area (TPSA) is 202 Å². The fourth-order valence-corrected chi connectivity index (χ4v) is 1.23. The maximum atomic E-state index is 11.1. The molecule has 15 heteroatoms. The molecule has 0 saturated heterocycles. The Hall–Kier alpha value is 1.93. The molecule has 0 bridgehead atoms. The minimum absolute atomic E-state index is 0. The SMILES string of the molecule is O=C([O-])CNC(=O)[C@H](O)[C@H](O)[C@H](O)COP(=O)([O-])[O-].[Na+].[Na+].[Na+]. The summed E-state index contributed by atoms with van der Waals surface area (Å²) in [6, 6.07) is 0. The van der Waals surface area contributed by atoms with Crippen molar-refractivity contribution in [2.75, 3.05) is 13.2 Å². The Kier molecular flexibility index (Phi) is 21.9. The second-order valence-electron chi connectivity index (χ2n) is 3.34. The van der Waals surface area contributed by atoms with E-state index in [1.165, 1.54) is 0 Å². The molecule has 0 saturated carbocycles. The summed E-state index contributed by atoms with van der Waals surface area (Å²) in [5.74, 6) is -3.00. The van der Waals surface area contributed by atoms with Crippen LogP contribution in [-0.4, -0.2) is 58.7 Å². The predicted molar refractivity (Wildman–Crippen MR) is 49.6 cm³/mol. The maximum Gasteiger partial charge on any atom is 1.00 e. The van der Waals surface area contributed by atoms with Crippen LogP contribution in [0.3, 0.4) is 0 Å². The summed E-state index contributed by atoms with van der Waals surface area (Å²) in [7, 11) is -5.38. The Balaban J connectivity index is -0.000000540. The summed E-state index contributed by atoms with van der Waals surface area (Å²) in [6.45, 7) is -2.11. The van der Waals surface area contributed by atoms with Gasteiger partial charge in [-0.05, 0) is 0 Å². The minimum atomic E-state index is -5.38. The molecule has 0 aromatic carbocycles. The standard InChI is InChI=1S/C7H14NO10P.3Na/c9-3(2-18-19(15,16)17)5(12)6(13)7(14)8-1-4(10)11;;;/h3,5-6,9,12-13H,1-2H2,(H,8,14)(H,10,11)(H2,15,16,17);;;/q;3*+1/p-3/t3-,5-,6-;;;/m1.../s1. The number of aliphatic carboxylic acids is 1. The van der Waals surface area contributed by atoms with Crippen molar-refractivity contribution >= 4 is 19.7 Å². The van der Waals surface area contributed by atoms with Crippen molar-refractivity contribution in [1.82, 2.24) is 5.32 Å². The van der Waals surface area contributed by atoms with Crippen molar-refractivity contribution in [1.29, 1.82) is 0 Å². The van der Waals surface area contributed by atoms with Gasteiger partial charge in [-0.15, -0.1) is 0 Å². The Morgan fingerprint density at radius 1 is 1.14 bits per heavy atom. The Morgan fingerprint density at radius 2 is 1.59 bits per heavy atom. The number of nitrogens with one attached hydrogen (secondary N) is 1. The van der Waals surface area contributed by atoms with Gasteiger partial charge in [-0.3, -0.25) is 4.79 Å². The zero-order valence-corrected chi connectivity index (χ0v) is 19.2. The molecule has 0 aliphatic rings. The molecule has 0 radical (unpaired) electrons. The number of hydrogen-bond donors (Lipinski definition) is 4. The average Bonchev–Trinajstić information content (AvgIpc) is 2.29. The number of amides is 1. The van der Waals surface area contributed by atoms with Crippen LogP contribution >= 0.6 is 7.82 Å². The molecule has 0 aliphatic heterocycles. The molecule has 0 fully saturated rings. The monoisotopic (exact) mass is 369 g/mol. The van der Waals surface area contributed by atoms with E-state index in [0.717, 1.165) is 0 Å². The van der Waals surface area contributed by atoms with Crippen molar-refractivity contribution in [2.45, 2.75) is 18.3 Å². The predicted octanol–water partition coefficient (Wildman–Crippen LogP) is -15.2. The van der Waals surface area contributed by atoms with Crippen LogP contribution in [0.2, 0.25) is 0 Å². The molecule has 0 aromatic heterocycles. The zero-order valence-electron chi connectivity index (χ0n) is 12.3. The van der Waals surface area contributed by atoms with Crippen LogP contribution in [0.15, 0.2) is 0 Å². The van der Waals surface area contributed by atoms with Crippen LogP contribution in [0.25, 0.3) is 0 Å². The number of carboxylic acids is 1. The van der Waals surface area contributed by atoms with Gasteiger partial charge in [0.15, 0.2) is 6.10 Å². The number of phosphoric acid groups is 1. The third kappa shape index (κ3) is 15.5. The fourth-order valence-electron chi connectivity index (χ4n) is 0.896. The molecule has 3 atom stereocenters. The number of phosphoric ester groups is 1. The Bertz CT molecular complexity index is 380. The molecule has 0 unspecified atom stereocenters. The molecular weight excluding hydrogens is 358 g/mol. The van der Waals surface area contributed by atoms with Crippen molar-refractivity contribution in [3.8, 4) is 0 Å². The number of carbonyl (C=O) groups excluding carboxylic acids is 2. The van der Waals surface area contributed by atoms with E-state index in [9.17, 15) is 39.3 Å². The summed E-state index contributed by atoms with van der Waals surface area (Å²) in [5, 5.41) is 39.2. The fraction of sp³-hybridized carbons (Fsp3) is 0.714. The molecule has 0 spiro atoms. The van der Waals surface area contributed by atoms with E-state index < -0.39 is 51.2 Å². The second kappa shape index (κ2) is 15.2. The van der Waals surface area contributed by atoms with Crippen molar-refractivity contribution in [3.05, 3.63) is 0 Å². The number of aliphatic hydroxyl groups is 3. The molecule has 0 aromatic rings. The molecule has 4 N–H and O–H groups in total. The van der Waals surface area contributed by atoms with Gasteiger partial charge in [-0.25, -0.2) is 0 Å². The van der Waals surface area contributed by atoms with Crippen molar-refractivity contribution < 1.29 is 138 Å². The van der Waals surface area contributed by atoms with Gasteiger partial charge in [0, 0.05) is 0 Å². The van der Waals surface area contributed by atoms with Crippen LogP contribution in [0.1, 0.15) is 0 Å². The van der Waals surface area contributed by atoms with Gasteiger partial charge >= 0.3 is 88.7 Å². The first-order valence-corrected chi connectivity index (χ1v) is 6.19. The van der Waals surface area contributed by atoms with Gasteiger partial charge < -0.3 is 49.4 Å². The molecule has 1 amide bonds. The van der Waals surface area contributed by atoms with Crippen LogP contribution in [0.4, 0.5) is 0 Å². The normalized spacial score (nSPS) is 14.2. The zero-order chi connectivity index (χ0) is 15.2. The third-order valence-electron chi connectivity index (χ3n) is 1.80. The van der Waals surface area contributed by atoms with Gasteiger partial charge in [0.2, 0.25) is 0 Å². The number of carboxylic acid groups (broad SMARTS) is 1. The van der Waals surface area contributed by atoms with E-state index in [-0.39, 0.29) is 88.7 Å². The molecule has 11 nitrogen and oxygen atoms in total. The van der Waals surface area contributed by atoms with Gasteiger partial charge in [-0.2, -0.15) is 0 Å². The van der Waals surface area contributed by atoms with Crippen LogP contribution < -0.4 is 109 Å². The minimum Gasteiger partial charge on any atom is -0.790 e. The number of carbonyl (C=O) groups is 2. The smallest absolute Gasteiger partial charge is 0.790 e. The molecule has 22 heavy (non-hydrogen) atoms. The molecule has 0 aliphatic carbocycles. The first-order chi connectivity index (χ1) is 8.54. The third-order valence-corrected chi connectivity index (χ3v) is 2.26. The average molecular weight is 369 g/mol. The maximum absolute atomic E-state index is 11.1. The molecular formula is C7H11NNa3O10P. The largest absolute Gasteiger partial charge is 1.00 e. The molecule has 0 heterocycles. The van der Waals surface area contributed by atoms with E-state index in [0.29, 0.717) is 0 Å². The summed E-state index contributed by atoms with van der Waals surface area (Å²) in [5.41, 5.74) is 0. The summed E-state index contributed by atoms with van der Waals surface area (Å²) in [6.07, 6.45) is -6.50. The van der Waals surface area contributed by atoms with E-state index in [1.807, 2.05) is 0 Å². The molecule has 0 rings (SSSR count). The van der Waals surface area contributed by atoms with Gasteiger partial charge in [0.25, 0.3) is 5.91 Å². The second-order valence-corrected chi connectivity index (χ2v) is 4.49. The summed E-state index contributed by atoms with van der Waals surface area (Å²) < 4.78 is 13.7. The number of aliphatic hydroxyl groups excluding tert-OH is 3. The van der Waals surface area contributed by atoms with Crippen LogP contribution in [0.5, 0.6) is 0 Å². The first-order valence-electron chi connectivity index (χ1n) is 4.73. The summed E-state index contributed by atoms with van der Waals surface area (Å²) >= 11 is 0. The number of rotatable bonds is 8. The van der Waals surface area contributed by atoms with Crippen molar-refractivity contribution in [3.63, 3.8) is 0 Å². The summed E-state index contributed by atoms with van der Waals surface area (Å²) in [4.78, 5) is 41.2. The molecule has 112 valence electrons. The number of hydrogen-bond acceptors (Lipinski definition) is 10. The van der Waals surface area contributed by atoms with Crippen molar-refractivity contribution in [2.24, 2.45) is 0 Å². The van der Waals surface area contributed by atoms with Crippen LogP contribution in [0, 0.1) is 0 Å². The van der Waals surface area contributed by atoms with Crippen LogP contribution in [-0.2, 0) is 18.7 Å². The Morgan fingerprint density at radius 3 is 1.95 bits per heavy atom.